The van der Waals surface area contributed by atoms with E-state index in [1.54, 1.807) is 10.7 Å². The molecule has 1 aromatic carbocycles. The molecule has 0 atom stereocenters. The van der Waals surface area contributed by atoms with Gasteiger partial charge in [-0.1, -0.05) is 0 Å². The molecule has 4 bridgehead atoms. The molecule has 0 fully saturated rings. The quantitative estimate of drug-likeness (QED) is 0.751. The molecule has 0 saturated heterocycles. The first-order chi connectivity index (χ1) is 12.8. The minimum atomic E-state index is -0.535. The van der Waals surface area contributed by atoms with Gasteiger partial charge < -0.3 is 20.1 Å². The second kappa shape index (κ2) is 7.57. The van der Waals surface area contributed by atoms with Gasteiger partial charge in [0.15, 0.2) is 5.65 Å². The molecule has 4 rings (SSSR count). The zero-order valence-corrected chi connectivity index (χ0v) is 14.2. The zero-order valence-electron chi connectivity index (χ0n) is 14.2. The van der Waals surface area contributed by atoms with Gasteiger partial charge in [0.1, 0.15) is 24.8 Å². The van der Waals surface area contributed by atoms with Gasteiger partial charge in [-0.2, -0.15) is 0 Å². The Hall–Kier alpha value is -2.87. The molecule has 1 aliphatic rings. The maximum atomic E-state index is 12.5. The van der Waals surface area contributed by atoms with E-state index in [1.165, 1.54) is 0 Å². The van der Waals surface area contributed by atoms with E-state index >= 15 is 0 Å². The Bertz CT molecular complexity index is 898. The number of hydrogen-bond acceptors (Lipinski definition) is 6. The number of anilines is 2. The number of benzene rings is 1. The molecule has 2 aromatic heterocycles. The first-order valence-electron chi connectivity index (χ1n) is 8.58. The van der Waals surface area contributed by atoms with Gasteiger partial charge in [-0.15, -0.1) is 5.10 Å². The van der Waals surface area contributed by atoms with Gasteiger partial charge in [-0.25, -0.2) is 13.9 Å². The van der Waals surface area contributed by atoms with Crippen molar-refractivity contribution < 1.29 is 13.9 Å². The van der Waals surface area contributed by atoms with Crippen LogP contribution < -0.4 is 15.4 Å². The van der Waals surface area contributed by atoms with Gasteiger partial charge in [-0.05, 0) is 24.3 Å². The van der Waals surface area contributed by atoms with Crippen LogP contribution in [0.25, 0.3) is 16.9 Å². The SMILES string of the molecule is FCCOc1cc2cc(c1)-c1cnc3ccc(nn13)NCCOCCN2. The van der Waals surface area contributed by atoms with Gasteiger partial charge in [0.05, 0.1) is 25.1 Å². The molecule has 1 aliphatic heterocycles. The Labute approximate surface area is 150 Å². The van der Waals surface area contributed by atoms with Crippen LogP contribution in [0.4, 0.5) is 15.9 Å². The fourth-order valence-electron chi connectivity index (χ4n) is 2.87. The predicted molar refractivity (Wildman–Crippen MR) is 97.7 cm³/mol. The van der Waals surface area contributed by atoms with Crippen molar-refractivity contribution in [3.8, 4) is 17.0 Å². The third-order valence-electron chi connectivity index (χ3n) is 4.04. The van der Waals surface area contributed by atoms with Crippen molar-refractivity contribution in [2.24, 2.45) is 0 Å². The van der Waals surface area contributed by atoms with E-state index in [0.29, 0.717) is 32.1 Å². The lowest BCUT2D eigenvalue weighted by Crippen LogP contribution is -2.16. The highest BCUT2D eigenvalue weighted by Crippen LogP contribution is 2.29. The first kappa shape index (κ1) is 16.6. The summed E-state index contributed by atoms with van der Waals surface area (Å²) < 4.78 is 25.4. The summed E-state index contributed by atoms with van der Waals surface area (Å²) in [7, 11) is 0. The van der Waals surface area contributed by atoms with E-state index in [1.807, 2.05) is 30.3 Å². The van der Waals surface area contributed by atoms with E-state index in [9.17, 15) is 4.39 Å². The fraction of sp³-hybridized carbons (Fsp3) is 0.333. The highest BCUT2D eigenvalue weighted by molar-refractivity contribution is 5.70. The minimum absolute atomic E-state index is 0.0193. The largest absolute Gasteiger partial charge is 0.491 e. The smallest absolute Gasteiger partial charge is 0.154 e. The van der Waals surface area contributed by atoms with Gasteiger partial charge in [-0.3, -0.25) is 0 Å². The summed E-state index contributed by atoms with van der Waals surface area (Å²) in [6.45, 7) is 1.99. The fourth-order valence-corrected chi connectivity index (χ4v) is 2.87. The third-order valence-corrected chi connectivity index (χ3v) is 4.04. The summed E-state index contributed by atoms with van der Waals surface area (Å²) in [4.78, 5) is 4.42. The van der Waals surface area contributed by atoms with Gasteiger partial charge in [0.25, 0.3) is 0 Å². The number of nitrogens with one attached hydrogen (secondary N) is 2. The van der Waals surface area contributed by atoms with Crippen molar-refractivity contribution in [3.05, 3.63) is 36.5 Å². The number of ether oxygens (including phenoxy) is 2. The second-order valence-corrected chi connectivity index (χ2v) is 5.88. The van der Waals surface area contributed by atoms with Gasteiger partial charge >= 0.3 is 0 Å². The molecule has 136 valence electrons. The second-order valence-electron chi connectivity index (χ2n) is 5.88. The number of rotatable bonds is 3. The van der Waals surface area contributed by atoms with Crippen LogP contribution >= 0.6 is 0 Å². The molecular formula is C18H20FN5O2. The number of alkyl halides is 1. The topological polar surface area (TPSA) is 72.7 Å². The Kier molecular flexibility index (Phi) is 4.83. The predicted octanol–water partition coefficient (Wildman–Crippen LogP) is 2.60. The Balaban J connectivity index is 1.80. The summed E-state index contributed by atoms with van der Waals surface area (Å²) >= 11 is 0. The normalized spacial score (nSPS) is 14.5. The third kappa shape index (κ3) is 3.55. The van der Waals surface area contributed by atoms with Crippen molar-refractivity contribution in [2.45, 2.75) is 0 Å². The number of halogens is 1. The van der Waals surface area contributed by atoms with Crippen LogP contribution in [0, 0.1) is 0 Å². The number of hydrogen-bond donors (Lipinski definition) is 2. The van der Waals surface area contributed by atoms with Crippen molar-refractivity contribution in [1.82, 2.24) is 14.6 Å². The summed E-state index contributed by atoms with van der Waals surface area (Å²) in [6, 6.07) is 9.53. The molecule has 2 N–H and O–H groups in total. The zero-order chi connectivity index (χ0) is 17.8. The molecule has 3 heterocycles. The maximum absolute atomic E-state index is 12.5. The highest BCUT2D eigenvalue weighted by atomic mass is 19.1. The average molecular weight is 357 g/mol. The van der Waals surface area contributed by atoms with E-state index in [2.05, 4.69) is 20.7 Å². The Morgan fingerprint density at radius 2 is 2.04 bits per heavy atom. The van der Waals surface area contributed by atoms with Gasteiger partial charge in [0, 0.05) is 30.4 Å². The maximum Gasteiger partial charge on any atom is 0.154 e. The first-order valence-corrected chi connectivity index (χ1v) is 8.58. The molecule has 0 unspecified atom stereocenters. The van der Waals surface area contributed by atoms with Crippen molar-refractivity contribution >= 4 is 17.2 Å². The average Bonchev–Trinajstić information content (AvgIpc) is 3.08. The lowest BCUT2D eigenvalue weighted by molar-refractivity contribution is 0.154. The summed E-state index contributed by atoms with van der Waals surface area (Å²) in [5.74, 6) is 1.35. The van der Waals surface area contributed by atoms with Crippen LogP contribution in [0.2, 0.25) is 0 Å². The molecular weight excluding hydrogens is 337 g/mol. The van der Waals surface area contributed by atoms with Crippen LogP contribution in [-0.4, -0.2) is 54.2 Å². The molecule has 26 heavy (non-hydrogen) atoms. The highest BCUT2D eigenvalue weighted by Gasteiger charge is 2.12. The van der Waals surface area contributed by atoms with Crippen molar-refractivity contribution in [1.29, 1.82) is 0 Å². The summed E-state index contributed by atoms with van der Waals surface area (Å²) in [6.07, 6.45) is 1.78. The van der Waals surface area contributed by atoms with Crippen molar-refractivity contribution in [3.63, 3.8) is 0 Å². The van der Waals surface area contributed by atoms with E-state index in [-0.39, 0.29) is 6.61 Å². The number of fused-ring (bicyclic) bond motifs is 4. The molecule has 0 saturated carbocycles. The monoisotopic (exact) mass is 357 g/mol. The summed E-state index contributed by atoms with van der Waals surface area (Å²) in [5.41, 5.74) is 3.35. The molecule has 0 radical (unpaired) electrons. The minimum Gasteiger partial charge on any atom is -0.491 e. The Morgan fingerprint density at radius 1 is 1.15 bits per heavy atom. The lowest BCUT2D eigenvalue weighted by atomic mass is 10.1. The molecule has 8 heteroatoms. The number of nitrogens with zero attached hydrogens (tertiary/aromatic N) is 3. The van der Waals surface area contributed by atoms with Crippen LogP contribution in [0.15, 0.2) is 36.5 Å². The van der Waals surface area contributed by atoms with E-state index < -0.39 is 6.67 Å². The lowest BCUT2D eigenvalue weighted by Gasteiger charge is -2.14. The molecule has 7 nitrogen and oxygen atoms in total. The van der Waals surface area contributed by atoms with Crippen LogP contribution in [0.3, 0.4) is 0 Å². The van der Waals surface area contributed by atoms with Crippen LogP contribution in [0.1, 0.15) is 0 Å². The van der Waals surface area contributed by atoms with Crippen molar-refractivity contribution in [2.75, 3.05) is 50.2 Å². The molecule has 0 amide bonds. The van der Waals surface area contributed by atoms with E-state index in [4.69, 9.17) is 9.47 Å². The molecule has 0 spiro atoms. The molecule has 0 aliphatic carbocycles. The standard InChI is InChI=1S/C18H20FN5O2/c19-3-6-26-15-10-13-9-14(11-15)20-4-7-25-8-5-21-17-1-2-18-22-12-16(13)24(18)23-17/h1-2,9-12,20H,3-8H2,(H,21,23). The Morgan fingerprint density at radius 3 is 2.92 bits per heavy atom. The van der Waals surface area contributed by atoms with E-state index in [0.717, 1.165) is 28.4 Å². The number of imidazole rings is 1. The number of aromatic nitrogens is 3. The summed E-state index contributed by atoms with van der Waals surface area (Å²) in [5, 5.41) is 11.2. The van der Waals surface area contributed by atoms with Gasteiger partial charge in [0.2, 0.25) is 0 Å². The molecule has 3 aromatic rings. The van der Waals surface area contributed by atoms with Crippen LogP contribution in [0.5, 0.6) is 5.75 Å². The van der Waals surface area contributed by atoms with Crippen LogP contribution in [-0.2, 0) is 4.74 Å².